The molecule has 1 aliphatic rings. The van der Waals surface area contributed by atoms with E-state index in [1.807, 2.05) is 0 Å². The topological polar surface area (TPSA) is 64.8 Å². The summed E-state index contributed by atoms with van der Waals surface area (Å²) in [6, 6.07) is 5.01. The second-order valence-corrected chi connectivity index (χ2v) is 4.76. The van der Waals surface area contributed by atoms with Crippen molar-refractivity contribution in [2.24, 2.45) is 5.73 Å². The lowest BCUT2D eigenvalue weighted by molar-refractivity contribution is -0.0168. The minimum absolute atomic E-state index is 0. The number of morpholine rings is 1. The van der Waals surface area contributed by atoms with Crippen LogP contribution >= 0.6 is 24.0 Å². The molecule has 0 aliphatic carbocycles. The van der Waals surface area contributed by atoms with Crippen molar-refractivity contribution in [1.29, 1.82) is 0 Å². The molecule has 1 aliphatic heterocycles. The van der Waals surface area contributed by atoms with E-state index >= 15 is 0 Å². The van der Waals surface area contributed by atoms with Crippen LogP contribution in [0.3, 0.4) is 0 Å². The molecule has 2 rings (SSSR count). The number of ether oxygens (including phenoxy) is 2. The summed E-state index contributed by atoms with van der Waals surface area (Å²) >= 11 is 5.94. The van der Waals surface area contributed by atoms with E-state index in [1.165, 1.54) is 7.11 Å². The molecule has 0 aromatic heterocycles. The Bertz CT molecular complexity index is 471. The third-order valence-electron chi connectivity index (χ3n) is 3.08. The number of amides is 1. The number of methoxy groups -OCH3 is 1. The van der Waals surface area contributed by atoms with Gasteiger partial charge in [0.05, 0.1) is 25.4 Å². The predicted molar refractivity (Wildman–Crippen MR) is 79.9 cm³/mol. The zero-order chi connectivity index (χ0) is 13.8. The van der Waals surface area contributed by atoms with Gasteiger partial charge < -0.3 is 20.1 Å². The molecule has 1 unspecified atom stereocenters. The maximum Gasteiger partial charge on any atom is 0.257 e. The second kappa shape index (κ2) is 7.69. The molecule has 0 bridgehead atoms. The minimum Gasteiger partial charge on any atom is -0.496 e. The molecule has 2 N–H and O–H groups in total. The van der Waals surface area contributed by atoms with Crippen LogP contribution in [0.4, 0.5) is 0 Å². The molecule has 0 radical (unpaired) electrons. The monoisotopic (exact) mass is 320 g/mol. The molecule has 1 heterocycles. The van der Waals surface area contributed by atoms with Crippen molar-refractivity contribution in [3.05, 3.63) is 28.8 Å². The number of nitrogens with two attached hydrogens (primary N) is 1. The summed E-state index contributed by atoms with van der Waals surface area (Å²) in [5, 5.41) is 0.507. The Morgan fingerprint density at radius 3 is 3.00 bits per heavy atom. The quantitative estimate of drug-likeness (QED) is 0.918. The molecule has 0 saturated carbocycles. The van der Waals surface area contributed by atoms with Gasteiger partial charge in [0.25, 0.3) is 5.91 Å². The Morgan fingerprint density at radius 2 is 2.35 bits per heavy atom. The van der Waals surface area contributed by atoms with Gasteiger partial charge in [-0.1, -0.05) is 11.6 Å². The molecule has 1 aromatic rings. The van der Waals surface area contributed by atoms with E-state index in [0.717, 1.165) is 0 Å². The summed E-state index contributed by atoms with van der Waals surface area (Å²) in [6.07, 6.45) is -0.108. The molecule has 7 heteroatoms. The minimum atomic E-state index is -0.110. The van der Waals surface area contributed by atoms with Crippen molar-refractivity contribution >= 4 is 29.9 Å². The van der Waals surface area contributed by atoms with Gasteiger partial charge in [-0.15, -0.1) is 12.4 Å². The first-order valence-corrected chi connectivity index (χ1v) is 6.48. The molecule has 1 aromatic carbocycles. The van der Waals surface area contributed by atoms with Crippen LogP contribution in [0.2, 0.25) is 5.02 Å². The van der Waals surface area contributed by atoms with Gasteiger partial charge in [-0.25, -0.2) is 0 Å². The van der Waals surface area contributed by atoms with Crippen LogP contribution in [0.15, 0.2) is 18.2 Å². The highest BCUT2D eigenvalue weighted by Crippen LogP contribution is 2.24. The van der Waals surface area contributed by atoms with Gasteiger partial charge in [0.1, 0.15) is 5.75 Å². The fraction of sp³-hybridized carbons (Fsp3) is 0.462. The first-order valence-electron chi connectivity index (χ1n) is 6.10. The van der Waals surface area contributed by atoms with E-state index in [0.29, 0.717) is 42.6 Å². The van der Waals surface area contributed by atoms with Crippen LogP contribution in [-0.2, 0) is 4.74 Å². The maximum atomic E-state index is 12.5. The Labute approximate surface area is 129 Å². The first kappa shape index (κ1) is 17.0. The van der Waals surface area contributed by atoms with Gasteiger partial charge in [-0.2, -0.15) is 0 Å². The average molecular weight is 321 g/mol. The number of nitrogens with zero attached hydrogens (tertiary/aromatic N) is 1. The third kappa shape index (κ3) is 3.76. The van der Waals surface area contributed by atoms with Crippen molar-refractivity contribution in [3.8, 4) is 5.75 Å². The number of halogens is 2. The summed E-state index contributed by atoms with van der Waals surface area (Å²) in [5.41, 5.74) is 6.04. The van der Waals surface area contributed by atoms with Crippen LogP contribution in [0.25, 0.3) is 0 Å². The lowest BCUT2D eigenvalue weighted by Crippen LogP contribution is -2.48. The van der Waals surface area contributed by atoms with Crippen LogP contribution < -0.4 is 10.5 Å². The van der Waals surface area contributed by atoms with Crippen molar-refractivity contribution in [1.82, 2.24) is 4.90 Å². The fourth-order valence-electron chi connectivity index (χ4n) is 2.06. The Morgan fingerprint density at radius 1 is 1.60 bits per heavy atom. The number of hydrogen-bond donors (Lipinski definition) is 1. The predicted octanol–water partition coefficient (Wildman–Crippen LogP) is 1.57. The molecule has 1 atom stereocenters. The second-order valence-electron chi connectivity index (χ2n) is 4.32. The van der Waals surface area contributed by atoms with Gasteiger partial charge in [0.2, 0.25) is 0 Å². The summed E-state index contributed by atoms with van der Waals surface area (Å²) < 4.78 is 10.7. The lowest BCUT2D eigenvalue weighted by Gasteiger charge is -2.32. The van der Waals surface area contributed by atoms with Gasteiger partial charge >= 0.3 is 0 Å². The highest BCUT2D eigenvalue weighted by atomic mass is 35.5. The van der Waals surface area contributed by atoms with Crippen LogP contribution in [0, 0.1) is 0 Å². The zero-order valence-electron chi connectivity index (χ0n) is 11.2. The van der Waals surface area contributed by atoms with Crippen molar-refractivity contribution < 1.29 is 14.3 Å². The summed E-state index contributed by atoms with van der Waals surface area (Å²) in [4.78, 5) is 14.2. The fourth-order valence-corrected chi connectivity index (χ4v) is 2.24. The molecule has 5 nitrogen and oxygen atoms in total. The largest absolute Gasteiger partial charge is 0.496 e. The van der Waals surface area contributed by atoms with Crippen molar-refractivity contribution in [2.45, 2.75) is 6.10 Å². The Balaban J connectivity index is 0.00000200. The standard InChI is InChI=1S/C13H17ClN2O3.ClH/c1-18-12-3-2-9(14)6-11(12)13(17)16-4-5-19-10(7-15)8-16;/h2-3,6,10H,4-5,7-8,15H2,1H3;1H. The van der Waals surface area contributed by atoms with E-state index in [1.54, 1.807) is 23.1 Å². The number of benzene rings is 1. The van der Waals surface area contributed by atoms with Crippen LogP contribution in [-0.4, -0.2) is 50.3 Å². The van der Waals surface area contributed by atoms with Crippen LogP contribution in [0.5, 0.6) is 5.75 Å². The van der Waals surface area contributed by atoms with Crippen LogP contribution in [0.1, 0.15) is 10.4 Å². The van der Waals surface area contributed by atoms with E-state index in [9.17, 15) is 4.79 Å². The molecule has 20 heavy (non-hydrogen) atoms. The number of carbonyl (C=O) groups excluding carboxylic acids is 1. The third-order valence-corrected chi connectivity index (χ3v) is 3.32. The smallest absolute Gasteiger partial charge is 0.257 e. The van der Waals surface area contributed by atoms with Crippen molar-refractivity contribution in [3.63, 3.8) is 0 Å². The number of hydrogen-bond acceptors (Lipinski definition) is 4. The molecular formula is C13H18Cl2N2O3. The lowest BCUT2D eigenvalue weighted by atomic mass is 10.1. The highest BCUT2D eigenvalue weighted by Gasteiger charge is 2.26. The SMILES string of the molecule is COc1ccc(Cl)cc1C(=O)N1CCOC(CN)C1.Cl. The maximum absolute atomic E-state index is 12.5. The van der Waals surface area contributed by atoms with Gasteiger partial charge in [-0.05, 0) is 18.2 Å². The molecule has 0 spiro atoms. The van der Waals surface area contributed by atoms with E-state index in [-0.39, 0.29) is 24.4 Å². The van der Waals surface area contributed by atoms with Gasteiger partial charge in [0, 0.05) is 24.7 Å². The summed E-state index contributed by atoms with van der Waals surface area (Å²) in [5.74, 6) is 0.409. The van der Waals surface area contributed by atoms with Gasteiger partial charge in [0.15, 0.2) is 0 Å². The zero-order valence-corrected chi connectivity index (χ0v) is 12.7. The number of rotatable bonds is 3. The molecule has 1 amide bonds. The molecule has 112 valence electrons. The summed E-state index contributed by atoms with van der Waals surface area (Å²) in [7, 11) is 1.53. The van der Waals surface area contributed by atoms with E-state index in [2.05, 4.69) is 0 Å². The highest BCUT2D eigenvalue weighted by molar-refractivity contribution is 6.31. The summed E-state index contributed by atoms with van der Waals surface area (Å²) in [6.45, 7) is 1.93. The molecular weight excluding hydrogens is 303 g/mol. The molecule has 1 saturated heterocycles. The Hall–Kier alpha value is -1.01. The first-order chi connectivity index (χ1) is 9.15. The molecule has 1 fully saturated rings. The average Bonchev–Trinajstić information content (AvgIpc) is 2.46. The van der Waals surface area contributed by atoms with E-state index < -0.39 is 0 Å². The van der Waals surface area contributed by atoms with Crippen molar-refractivity contribution in [2.75, 3.05) is 33.4 Å². The van der Waals surface area contributed by atoms with E-state index in [4.69, 9.17) is 26.8 Å². The normalized spacial score (nSPS) is 18.4. The number of carbonyl (C=O) groups is 1. The Kier molecular flexibility index (Phi) is 6.55. The van der Waals surface area contributed by atoms with Gasteiger partial charge in [-0.3, -0.25) is 4.79 Å².